The van der Waals surface area contributed by atoms with E-state index in [0.29, 0.717) is 44.1 Å². The first-order valence-corrected chi connectivity index (χ1v) is 13.3. The van der Waals surface area contributed by atoms with Crippen molar-refractivity contribution in [3.05, 3.63) is 65.5 Å². The average molecular weight is 499 g/mol. The number of hydrogen-bond donors (Lipinski definition) is 1. The van der Waals surface area contributed by atoms with Crippen molar-refractivity contribution < 1.29 is 12.8 Å². The fourth-order valence-electron chi connectivity index (χ4n) is 4.88. The maximum absolute atomic E-state index is 15.2. The van der Waals surface area contributed by atoms with E-state index in [2.05, 4.69) is 15.2 Å². The highest BCUT2D eigenvalue weighted by atomic mass is 32.2. The number of sulfonamides is 1. The maximum atomic E-state index is 15.2. The first-order valence-electron chi connectivity index (χ1n) is 11.8. The summed E-state index contributed by atoms with van der Waals surface area (Å²) in [5.74, 6) is 0.121. The molecular weight excluding hydrogens is 467 g/mol. The standard InChI is InChI=1S/C25H31FN6O2S/c1-19-8-11-24(20-6-4-3-5-7-20)35(33,34)32(19)17-21-9-10-22(16-23(21)26)30-12-14-31(15-13-30)25(28-2)29-18-27/h3-7,9-10,16,19,24H,8,11-15,17H2,1-2H3,(H,28,29)/t19-,24?/m0/s1. The van der Waals surface area contributed by atoms with E-state index in [1.54, 1.807) is 13.1 Å². The van der Waals surface area contributed by atoms with Gasteiger partial charge in [-0.05, 0) is 37.5 Å². The number of guanidine groups is 1. The third-order valence-electron chi connectivity index (χ3n) is 6.88. The molecule has 0 spiro atoms. The molecule has 186 valence electrons. The second-order valence-corrected chi connectivity index (χ2v) is 11.0. The Hall–Kier alpha value is -3.16. The van der Waals surface area contributed by atoms with Gasteiger partial charge in [0.25, 0.3) is 0 Å². The molecule has 1 unspecified atom stereocenters. The largest absolute Gasteiger partial charge is 0.368 e. The zero-order valence-electron chi connectivity index (χ0n) is 20.1. The van der Waals surface area contributed by atoms with Crippen molar-refractivity contribution >= 4 is 21.7 Å². The molecule has 2 aromatic carbocycles. The summed E-state index contributed by atoms with van der Waals surface area (Å²) in [6.45, 7) is 4.51. The third-order valence-corrected chi connectivity index (χ3v) is 9.25. The van der Waals surface area contributed by atoms with Gasteiger partial charge in [-0.1, -0.05) is 36.4 Å². The number of rotatable bonds is 4. The van der Waals surface area contributed by atoms with Crippen LogP contribution in [0.1, 0.15) is 36.1 Å². The molecular formula is C25H31FN6O2S. The van der Waals surface area contributed by atoms with Gasteiger partial charge in [0.1, 0.15) is 11.1 Å². The molecule has 0 amide bonds. The van der Waals surface area contributed by atoms with Crippen LogP contribution in [0.4, 0.5) is 10.1 Å². The molecule has 0 bridgehead atoms. The lowest BCUT2D eigenvalue weighted by molar-refractivity contribution is 0.279. The lowest BCUT2D eigenvalue weighted by Crippen LogP contribution is -2.51. The van der Waals surface area contributed by atoms with Gasteiger partial charge in [-0.3, -0.25) is 10.3 Å². The normalized spacial score (nSPS) is 23.1. The van der Waals surface area contributed by atoms with Gasteiger partial charge in [0, 0.05) is 57.1 Å². The molecule has 1 N–H and O–H groups in total. The van der Waals surface area contributed by atoms with Crippen LogP contribution in [0.2, 0.25) is 0 Å². The average Bonchev–Trinajstić information content (AvgIpc) is 2.86. The Morgan fingerprint density at radius 2 is 1.86 bits per heavy atom. The zero-order chi connectivity index (χ0) is 25.0. The van der Waals surface area contributed by atoms with E-state index >= 15 is 4.39 Å². The molecule has 0 radical (unpaired) electrons. The molecule has 2 aliphatic heterocycles. The van der Waals surface area contributed by atoms with Crippen molar-refractivity contribution in [2.45, 2.75) is 37.6 Å². The van der Waals surface area contributed by atoms with E-state index in [4.69, 9.17) is 5.26 Å². The number of nitrogens with one attached hydrogen (secondary N) is 1. The SMILES string of the molecule is CN=C(NC#N)N1CCN(c2ccc(CN3[C@@H](C)CCC(c4ccccc4)S3(=O)=O)c(F)c2)CC1. The van der Waals surface area contributed by atoms with Crippen molar-refractivity contribution in [2.24, 2.45) is 4.99 Å². The Morgan fingerprint density at radius 1 is 1.14 bits per heavy atom. The van der Waals surface area contributed by atoms with Crippen LogP contribution in [0, 0.1) is 17.3 Å². The lowest BCUT2D eigenvalue weighted by Gasteiger charge is -2.38. The Morgan fingerprint density at radius 3 is 2.49 bits per heavy atom. The predicted molar refractivity (Wildman–Crippen MR) is 135 cm³/mol. The van der Waals surface area contributed by atoms with Crippen LogP contribution in [0.25, 0.3) is 0 Å². The van der Waals surface area contributed by atoms with Crippen molar-refractivity contribution in [2.75, 3.05) is 38.1 Å². The van der Waals surface area contributed by atoms with Crippen molar-refractivity contribution in [3.8, 4) is 6.19 Å². The number of nitriles is 1. The summed E-state index contributed by atoms with van der Waals surface area (Å²) in [5.41, 5.74) is 1.90. The minimum atomic E-state index is -3.62. The van der Waals surface area contributed by atoms with Crippen LogP contribution < -0.4 is 10.2 Å². The smallest absolute Gasteiger partial charge is 0.221 e. The second kappa shape index (κ2) is 10.6. The molecule has 0 saturated carbocycles. The Balaban J connectivity index is 1.47. The van der Waals surface area contributed by atoms with E-state index in [9.17, 15) is 8.42 Å². The van der Waals surface area contributed by atoms with E-state index in [1.807, 2.05) is 54.4 Å². The van der Waals surface area contributed by atoms with Gasteiger partial charge in [0.2, 0.25) is 16.0 Å². The van der Waals surface area contributed by atoms with E-state index in [-0.39, 0.29) is 12.6 Å². The number of hydrogen-bond acceptors (Lipinski definition) is 5. The summed E-state index contributed by atoms with van der Waals surface area (Å²) in [7, 11) is -1.99. The summed E-state index contributed by atoms with van der Waals surface area (Å²) in [5, 5.41) is 10.8. The van der Waals surface area contributed by atoms with Crippen LogP contribution in [-0.2, 0) is 16.6 Å². The van der Waals surface area contributed by atoms with E-state index < -0.39 is 21.1 Å². The Bertz CT molecular complexity index is 1210. The monoisotopic (exact) mass is 498 g/mol. The molecule has 35 heavy (non-hydrogen) atoms. The topological polar surface area (TPSA) is 92.0 Å². The number of benzene rings is 2. The summed E-state index contributed by atoms with van der Waals surface area (Å²) >= 11 is 0. The molecule has 10 heteroatoms. The van der Waals surface area contributed by atoms with E-state index in [0.717, 1.165) is 17.7 Å². The van der Waals surface area contributed by atoms with Crippen molar-refractivity contribution in [3.63, 3.8) is 0 Å². The molecule has 2 fully saturated rings. The number of anilines is 1. The highest BCUT2D eigenvalue weighted by molar-refractivity contribution is 7.89. The summed E-state index contributed by atoms with van der Waals surface area (Å²) in [6, 6.07) is 14.1. The van der Waals surface area contributed by atoms with Gasteiger partial charge in [-0.2, -0.15) is 9.57 Å². The molecule has 2 aromatic rings. The Labute approximate surface area is 206 Å². The third kappa shape index (κ3) is 5.26. The molecule has 2 aliphatic rings. The minimum Gasteiger partial charge on any atom is -0.368 e. The van der Waals surface area contributed by atoms with Crippen LogP contribution in [-0.4, -0.2) is 62.9 Å². The van der Waals surface area contributed by atoms with Gasteiger partial charge >= 0.3 is 0 Å². The first-order chi connectivity index (χ1) is 16.8. The highest BCUT2D eigenvalue weighted by Crippen LogP contribution is 2.38. The molecule has 2 atom stereocenters. The Kier molecular flexibility index (Phi) is 7.57. The number of piperazine rings is 1. The predicted octanol–water partition coefficient (Wildman–Crippen LogP) is 3.06. The van der Waals surface area contributed by atoms with Crippen LogP contribution in [0.3, 0.4) is 0 Å². The van der Waals surface area contributed by atoms with Crippen LogP contribution in [0.15, 0.2) is 53.5 Å². The molecule has 0 aliphatic carbocycles. The first kappa shape index (κ1) is 24.9. The fourth-order valence-corrected chi connectivity index (χ4v) is 7.07. The summed E-state index contributed by atoms with van der Waals surface area (Å²) in [4.78, 5) is 8.16. The van der Waals surface area contributed by atoms with Crippen molar-refractivity contribution in [1.29, 1.82) is 5.26 Å². The molecule has 8 nitrogen and oxygen atoms in total. The zero-order valence-corrected chi connectivity index (χ0v) is 20.9. The van der Waals surface area contributed by atoms with Gasteiger partial charge in [-0.25, -0.2) is 12.8 Å². The summed E-state index contributed by atoms with van der Waals surface area (Å²) < 4.78 is 43.6. The minimum absolute atomic E-state index is 0.0167. The van der Waals surface area contributed by atoms with Gasteiger partial charge in [0.05, 0.1) is 0 Å². The highest BCUT2D eigenvalue weighted by Gasteiger charge is 2.40. The number of nitrogens with zero attached hydrogens (tertiary/aromatic N) is 5. The van der Waals surface area contributed by atoms with Gasteiger partial charge in [0.15, 0.2) is 6.19 Å². The lowest BCUT2D eigenvalue weighted by atomic mass is 10.0. The second-order valence-electron chi connectivity index (χ2n) is 8.95. The molecule has 4 rings (SSSR count). The quantitative estimate of drug-likeness (QED) is 0.302. The molecule has 0 aromatic heterocycles. The van der Waals surface area contributed by atoms with Crippen molar-refractivity contribution in [1.82, 2.24) is 14.5 Å². The number of halogens is 1. The van der Waals surface area contributed by atoms with Crippen LogP contribution in [0.5, 0.6) is 0 Å². The molecule has 2 heterocycles. The fraction of sp³-hybridized carbons (Fsp3) is 0.440. The van der Waals surface area contributed by atoms with Gasteiger partial charge < -0.3 is 9.80 Å². The summed E-state index contributed by atoms with van der Waals surface area (Å²) in [6.07, 6.45) is 3.18. The molecule has 2 saturated heterocycles. The van der Waals surface area contributed by atoms with Crippen LogP contribution >= 0.6 is 0 Å². The number of aliphatic imine (C=N–C) groups is 1. The van der Waals surface area contributed by atoms with E-state index in [1.165, 1.54) is 10.4 Å². The maximum Gasteiger partial charge on any atom is 0.221 e. The van der Waals surface area contributed by atoms with Gasteiger partial charge in [-0.15, -0.1) is 0 Å².